The van der Waals surface area contributed by atoms with Crippen molar-refractivity contribution in [1.82, 2.24) is 9.80 Å². The molecular weight excluding hydrogens is 396 g/mol. The van der Waals surface area contributed by atoms with Crippen LogP contribution in [0, 0.1) is 5.41 Å². The summed E-state index contributed by atoms with van der Waals surface area (Å²) in [6, 6.07) is 28.1. The second kappa shape index (κ2) is 8.62. The molecule has 0 aliphatic carbocycles. The molecule has 0 atom stereocenters. The molecule has 162 valence electrons. The third kappa shape index (κ3) is 3.93. The highest BCUT2D eigenvalue weighted by Gasteiger charge is 2.46. The summed E-state index contributed by atoms with van der Waals surface area (Å²) in [4.78, 5) is 30.9. The largest absolute Gasteiger partial charge is 0.339 e. The lowest BCUT2D eigenvalue weighted by Gasteiger charge is -2.42. The van der Waals surface area contributed by atoms with E-state index in [0.29, 0.717) is 44.6 Å². The van der Waals surface area contributed by atoms with Gasteiger partial charge in [0.2, 0.25) is 5.91 Å². The molecule has 0 unspecified atom stereocenters. The second-order valence-corrected chi connectivity index (χ2v) is 9.03. The van der Waals surface area contributed by atoms with Crippen LogP contribution in [0.3, 0.4) is 0 Å². The van der Waals surface area contributed by atoms with E-state index >= 15 is 0 Å². The van der Waals surface area contributed by atoms with Gasteiger partial charge in [-0.15, -0.1) is 0 Å². The first-order valence-electron chi connectivity index (χ1n) is 11.4. The Kier molecular flexibility index (Phi) is 5.52. The summed E-state index contributed by atoms with van der Waals surface area (Å²) in [5.41, 5.74) is 3.91. The van der Waals surface area contributed by atoms with Crippen molar-refractivity contribution in [2.75, 3.05) is 13.1 Å². The zero-order chi connectivity index (χ0) is 22.0. The first kappa shape index (κ1) is 20.5. The van der Waals surface area contributed by atoms with Crippen molar-refractivity contribution in [3.05, 3.63) is 107 Å². The van der Waals surface area contributed by atoms with Crippen molar-refractivity contribution >= 4 is 11.8 Å². The standard InChI is InChI=1S/C28H28N2O2/c31-26(23-11-5-2-6-12-23)29-17-15-28(16-18-29)19-24-13-7-8-14-25(24)21-30(27(28)32)20-22-9-3-1-4-10-22/h1-14H,15-21H2. The minimum absolute atomic E-state index is 0.0584. The number of piperidine rings is 1. The van der Waals surface area contributed by atoms with Crippen LogP contribution in [0.25, 0.3) is 0 Å². The molecule has 2 heterocycles. The van der Waals surface area contributed by atoms with Crippen molar-refractivity contribution in [2.45, 2.75) is 32.4 Å². The van der Waals surface area contributed by atoms with Crippen LogP contribution < -0.4 is 0 Å². The number of fused-ring (bicyclic) bond motifs is 1. The molecule has 0 radical (unpaired) electrons. The summed E-state index contributed by atoms with van der Waals surface area (Å²) in [5.74, 6) is 0.285. The summed E-state index contributed by atoms with van der Waals surface area (Å²) in [6.45, 7) is 2.47. The van der Waals surface area contributed by atoms with E-state index in [1.807, 2.05) is 58.3 Å². The van der Waals surface area contributed by atoms with Gasteiger partial charge in [0.25, 0.3) is 5.91 Å². The minimum atomic E-state index is -0.450. The van der Waals surface area contributed by atoms with Gasteiger partial charge in [-0.1, -0.05) is 72.8 Å². The molecule has 5 rings (SSSR count). The maximum atomic E-state index is 14.0. The van der Waals surface area contributed by atoms with E-state index in [2.05, 4.69) is 36.4 Å². The molecule has 4 heteroatoms. The van der Waals surface area contributed by atoms with E-state index in [1.165, 1.54) is 11.1 Å². The Hall–Kier alpha value is -3.40. The number of nitrogens with zero attached hydrogens (tertiary/aromatic N) is 2. The molecular formula is C28H28N2O2. The Morgan fingerprint density at radius 1 is 0.781 bits per heavy atom. The molecule has 1 saturated heterocycles. The van der Waals surface area contributed by atoms with E-state index in [0.717, 1.165) is 12.0 Å². The molecule has 2 aliphatic rings. The molecule has 2 aliphatic heterocycles. The molecule has 4 nitrogen and oxygen atoms in total. The fourth-order valence-electron chi connectivity index (χ4n) is 5.16. The predicted molar refractivity (Wildman–Crippen MR) is 125 cm³/mol. The lowest BCUT2D eigenvalue weighted by Crippen LogP contribution is -2.51. The first-order chi connectivity index (χ1) is 15.6. The average molecular weight is 425 g/mol. The number of benzene rings is 3. The van der Waals surface area contributed by atoms with Gasteiger partial charge in [-0.2, -0.15) is 0 Å². The number of rotatable bonds is 3. The minimum Gasteiger partial charge on any atom is -0.339 e. The van der Waals surface area contributed by atoms with Crippen molar-refractivity contribution in [3.8, 4) is 0 Å². The normalized spacial score (nSPS) is 17.7. The highest BCUT2D eigenvalue weighted by molar-refractivity contribution is 5.94. The van der Waals surface area contributed by atoms with Crippen LogP contribution in [0.4, 0.5) is 0 Å². The van der Waals surface area contributed by atoms with Crippen molar-refractivity contribution in [3.63, 3.8) is 0 Å². The van der Waals surface area contributed by atoms with E-state index in [9.17, 15) is 9.59 Å². The Balaban J connectivity index is 1.41. The van der Waals surface area contributed by atoms with E-state index < -0.39 is 5.41 Å². The summed E-state index contributed by atoms with van der Waals surface area (Å²) >= 11 is 0. The van der Waals surface area contributed by atoms with Crippen molar-refractivity contribution in [1.29, 1.82) is 0 Å². The number of carbonyl (C=O) groups excluding carboxylic acids is 2. The molecule has 2 amide bonds. The topological polar surface area (TPSA) is 40.6 Å². The fraction of sp³-hybridized carbons (Fsp3) is 0.286. The molecule has 0 aromatic heterocycles. The summed E-state index contributed by atoms with van der Waals surface area (Å²) < 4.78 is 0. The molecule has 0 saturated carbocycles. The molecule has 0 N–H and O–H groups in total. The average Bonchev–Trinajstić information content (AvgIpc) is 2.95. The van der Waals surface area contributed by atoms with Crippen molar-refractivity contribution < 1.29 is 9.59 Å². The Labute approximate surface area is 189 Å². The Morgan fingerprint density at radius 2 is 1.38 bits per heavy atom. The van der Waals surface area contributed by atoms with Gasteiger partial charge >= 0.3 is 0 Å². The van der Waals surface area contributed by atoms with Gasteiger partial charge in [-0.3, -0.25) is 9.59 Å². The summed E-state index contributed by atoms with van der Waals surface area (Å²) in [7, 11) is 0. The number of likely N-dealkylation sites (tertiary alicyclic amines) is 1. The molecule has 3 aromatic rings. The van der Waals surface area contributed by atoms with Crippen LogP contribution in [0.2, 0.25) is 0 Å². The Bertz CT molecular complexity index is 1100. The quantitative estimate of drug-likeness (QED) is 0.612. The van der Waals surface area contributed by atoms with Crippen LogP contribution in [0.15, 0.2) is 84.9 Å². The van der Waals surface area contributed by atoms with Crippen LogP contribution in [-0.2, 0) is 24.3 Å². The predicted octanol–water partition coefficient (Wildman–Crippen LogP) is 4.69. The number of hydrogen-bond acceptors (Lipinski definition) is 2. The van der Waals surface area contributed by atoms with Crippen LogP contribution in [0.5, 0.6) is 0 Å². The van der Waals surface area contributed by atoms with Crippen LogP contribution in [0.1, 0.15) is 39.9 Å². The molecule has 0 bridgehead atoms. The first-order valence-corrected chi connectivity index (χ1v) is 11.4. The SMILES string of the molecule is O=C(c1ccccc1)N1CCC2(CC1)Cc1ccccc1CN(Cc1ccccc1)C2=O. The lowest BCUT2D eigenvalue weighted by molar-refractivity contribution is -0.145. The maximum absolute atomic E-state index is 14.0. The molecule has 32 heavy (non-hydrogen) atoms. The molecule has 3 aromatic carbocycles. The van der Waals surface area contributed by atoms with Gasteiger partial charge in [0.05, 0.1) is 5.41 Å². The van der Waals surface area contributed by atoms with Gasteiger partial charge in [0.1, 0.15) is 0 Å². The zero-order valence-electron chi connectivity index (χ0n) is 18.2. The van der Waals surface area contributed by atoms with E-state index in [-0.39, 0.29) is 11.8 Å². The monoisotopic (exact) mass is 424 g/mol. The summed E-state index contributed by atoms with van der Waals surface area (Å²) in [6.07, 6.45) is 2.15. The highest BCUT2D eigenvalue weighted by Crippen LogP contribution is 2.41. The van der Waals surface area contributed by atoms with E-state index in [1.54, 1.807) is 0 Å². The van der Waals surface area contributed by atoms with E-state index in [4.69, 9.17) is 0 Å². The number of hydrogen-bond donors (Lipinski definition) is 0. The van der Waals surface area contributed by atoms with Crippen molar-refractivity contribution in [2.24, 2.45) is 5.41 Å². The van der Waals surface area contributed by atoms with Gasteiger partial charge in [-0.05, 0) is 48.1 Å². The number of amides is 2. The molecule has 1 fully saturated rings. The third-order valence-electron chi connectivity index (χ3n) is 6.99. The van der Waals surface area contributed by atoms with Gasteiger partial charge in [0.15, 0.2) is 0 Å². The Morgan fingerprint density at radius 3 is 2.06 bits per heavy atom. The van der Waals surface area contributed by atoms with Gasteiger partial charge in [-0.25, -0.2) is 0 Å². The zero-order valence-corrected chi connectivity index (χ0v) is 18.2. The number of carbonyl (C=O) groups is 2. The second-order valence-electron chi connectivity index (χ2n) is 9.03. The van der Waals surface area contributed by atoms with Crippen LogP contribution >= 0.6 is 0 Å². The third-order valence-corrected chi connectivity index (χ3v) is 6.99. The highest BCUT2D eigenvalue weighted by atomic mass is 16.2. The lowest BCUT2D eigenvalue weighted by atomic mass is 9.72. The fourth-order valence-corrected chi connectivity index (χ4v) is 5.16. The maximum Gasteiger partial charge on any atom is 0.253 e. The van der Waals surface area contributed by atoms with Gasteiger partial charge < -0.3 is 9.80 Å². The smallest absolute Gasteiger partial charge is 0.253 e. The summed E-state index contributed by atoms with van der Waals surface area (Å²) in [5, 5.41) is 0. The molecule has 1 spiro atoms. The van der Waals surface area contributed by atoms with Crippen LogP contribution in [-0.4, -0.2) is 34.7 Å². The van der Waals surface area contributed by atoms with Gasteiger partial charge in [0, 0.05) is 31.7 Å².